The van der Waals surface area contributed by atoms with Gasteiger partial charge >= 0.3 is 5.97 Å². The summed E-state index contributed by atoms with van der Waals surface area (Å²) in [6, 6.07) is -0.965. The number of nitrogens with zero attached hydrogens (tertiary/aromatic N) is 1. The van der Waals surface area contributed by atoms with Gasteiger partial charge in [0, 0.05) is 0 Å². The summed E-state index contributed by atoms with van der Waals surface area (Å²) in [5, 5.41) is 8.04. The molecule has 0 fully saturated rings. The van der Waals surface area contributed by atoms with E-state index < -0.39 is 12.0 Å². The number of isocyanates is 1. The van der Waals surface area contributed by atoms with Gasteiger partial charge < -0.3 is 5.11 Å². The zero-order chi connectivity index (χ0) is 6.57. The van der Waals surface area contributed by atoms with E-state index in [1.807, 2.05) is 0 Å². The molecule has 0 aromatic heterocycles. The topological polar surface area (TPSA) is 66.7 Å². The molecule has 9 heavy (non-hydrogen) atoms. The normalized spacial score (nSPS) is 10.3. The van der Waals surface area contributed by atoms with E-state index in [1.54, 1.807) is 0 Å². The first-order valence-electron chi connectivity index (χ1n) is 1.98. The maximum absolute atomic E-state index is 9.82. The Morgan fingerprint density at radius 1 is 1.78 bits per heavy atom. The van der Waals surface area contributed by atoms with Crippen LogP contribution in [0.15, 0.2) is 4.99 Å². The lowest BCUT2D eigenvalue weighted by Crippen LogP contribution is -2.12. The molecule has 0 aliphatic heterocycles. The van der Waals surface area contributed by atoms with Crippen LogP contribution in [0, 0.1) is 0 Å². The van der Waals surface area contributed by atoms with Gasteiger partial charge in [-0.2, -0.15) is 4.99 Å². The van der Waals surface area contributed by atoms with Gasteiger partial charge in [-0.15, -0.1) is 12.4 Å². The largest absolute Gasteiger partial charge is 0.480 e. The molecule has 0 amide bonds. The molecule has 0 aliphatic carbocycles. The third-order valence-corrected chi connectivity index (χ3v) is 0.604. The van der Waals surface area contributed by atoms with Gasteiger partial charge in [-0.05, 0) is 6.92 Å². The standard InChI is InChI=1S/C4H5NO3.ClH/c1-3(4(7)8)5-2-6;/h3H,1H3,(H,7,8);1H. The summed E-state index contributed by atoms with van der Waals surface area (Å²) in [4.78, 5) is 22.1. The van der Waals surface area contributed by atoms with Crippen LogP contribution in [-0.2, 0) is 9.59 Å². The lowest BCUT2D eigenvalue weighted by molar-refractivity contribution is -0.137. The average Bonchev–Trinajstić information content (AvgIpc) is 1.67. The number of hydrogen-bond donors (Lipinski definition) is 1. The zero-order valence-electron chi connectivity index (χ0n) is 4.70. The van der Waals surface area contributed by atoms with Crippen molar-refractivity contribution < 1.29 is 14.7 Å². The van der Waals surface area contributed by atoms with Gasteiger partial charge in [0.15, 0.2) is 6.04 Å². The molecular weight excluding hydrogens is 146 g/mol. The van der Waals surface area contributed by atoms with E-state index in [2.05, 4.69) is 4.99 Å². The van der Waals surface area contributed by atoms with Crippen LogP contribution in [0.25, 0.3) is 0 Å². The Balaban J connectivity index is 0. The molecule has 0 aromatic carbocycles. The van der Waals surface area contributed by atoms with E-state index in [1.165, 1.54) is 6.92 Å². The minimum absolute atomic E-state index is 0. The van der Waals surface area contributed by atoms with E-state index >= 15 is 0 Å². The maximum Gasteiger partial charge on any atom is 0.329 e. The number of carboxylic acids is 1. The lowest BCUT2D eigenvalue weighted by Gasteiger charge is -1.90. The fraction of sp³-hybridized carbons (Fsp3) is 0.500. The molecule has 1 N–H and O–H groups in total. The lowest BCUT2D eigenvalue weighted by atomic mass is 10.4. The van der Waals surface area contributed by atoms with E-state index in [4.69, 9.17) is 5.11 Å². The van der Waals surface area contributed by atoms with Crippen molar-refractivity contribution in [1.29, 1.82) is 0 Å². The van der Waals surface area contributed by atoms with E-state index in [0.29, 0.717) is 0 Å². The zero-order valence-corrected chi connectivity index (χ0v) is 5.51. The fourth-order valence-corrected chi connectivity index (χ4v) is 0.134. The van der Waals surface area contributed by atoms with Crippen molar-refractivity contribution in [3.63, 3.8) is 0 Å². The predicted octanol–water partition coefficient (Wildman–Crippen LogP) is 0.217. The Bertz CT molecular complexity index is 139. The summed E-state index contributed by atoms with van der Waals surface area (Å²) in [7, 11) is 0. The van der Waals surface area contributed by atoms with Gasteiger partial charge in [-0.1, -0.05) is 0 Å². The third kappa shape index (κ3) is 5.00. The molecule has 1 atom stereocenters. The Morgan fingerprint density at radius 3 is 2.33 bits per heavy atom. The molecule has 0 spiro atoms. The molecular formula is C4H6ClNO3. The Labute approximate surface area is 58.0 Å². The molecule has 0 rings (SSSR count). The summed E-state index contributed by atoms with van der Waals surface area (Å²) in [5.74, 6) is -1.12. The minimum atomic E-state index is -1.12. The summed E-state index contributed by atoms with van der Waals surface area (Å²) in [5.41, 5.74) is 0. The molecule has 52 valence electrons. The van der Waals surface area contributed by atoms with Crippen molar-refractivity contribution in [2.45, 2.75) is 13.0 Å². The quantitative estimate of drug-likeness (QED) is 0.454. The summed E-state index contributed by atoms with van der Waals surface area (Å²) in [6.45, 7) is 1.30. The van der Waals surface area contributed by atoms with Crippen LogP contribution in [0.1, 0.15) is 6.92 Å². The molecule has 0 aromatic rings. The maximum atomic E-state index is 9.82. The molecule has 0 saturated heterocycles. The van der Waals surface area contributed by atoms with E-state index in [-0.39, 0.29) is 12.4 Å². The highest BCUT2D eigenvalue weighted by Gasteiger charge is 2.06. The highest BCUT2D eigenvalue weighted by atomic mass is 35.5. The molecule has 0 heterocycles. The monoisotopic (exact) mass is 151 g/mol. The average molecular weight is 152 g/mol. The number of rotatable bonds is 2. The van der Waals surface area contributed by atoms with Crippen LogP contribution in [0.4, 0.5) is 0 Å². The van der Waals surface area contributed by atoms with Crippen molar-refractivity contribution in [1.82, 2.24) is 0 Å². The van der Waals surface area contributed by atoms with Crippen LogP contribution in [-0.4, -0.2) is 23.2 Å². The van der Waals surface area contributed by atoms with Crippen molar-refractivity contribution in [3.05, 3.63) is 0 Å². The molecule has 4 nitrogen and oxygen atoms in total. The number of carbonyl (C=O) groups excluding carboxylic acids is 1. The Hall–Kier alpha value is -0.860. The predicted molar refractivity (Wildman–Crippen MR) is 32.5 cm³/mol. The van der Waals surface area contributed by atoms with E-state index in [9.17, 15) is 9.59 Å². The number of halogens is 1. The fourth-order valence-electron chi connectivity index (χ4n) is 0.134. The molecule has 0 aliphatic rings. The molecule has 0 saturated carbocycles. The minimum Gasteiger partial charge on any atom is -0.480 e. The second kappa shape index (κ2) is 5.28. The van der Waals surface area contributed by atoms with Gasteiger partial charge in [0.05, 0.1) is 0 Å². The van der Waals surface area contributed by atoms with Crippen molar-refractivity contribution in [3.8, 4) is 0 Å². The summed E-state index contributed by atoms with van der Waals surface area (Å²) in [6.07, 6.45) is 1.14. The van der Waals surface area contributed by atoms with Gasteiger partial charge in [0.25, 0.3) is 0 Å². The van der Waals surface area contributed by atoms with Crippen molar-refractivity contribution in [2.75, 3.05) is 0 Å². The van der Waals surface area contributed by atoms with Gasteiger partial charge in [-0.3, -0.25) is 0 Å². The first-order chi connectivity index (χ1) is 3.68. The molecule has 5 heteroatoms. The summed E-state index contributed by atoms with van der Waals surface area (Å²) < 4.78 is 0. The third-order valence-electron chi connectivity index (χ3n) is 0.604. The number of carbonyl (C=O) groups is 1. The smallest absolute Gasteiger partial charge is 0.329 e. The summed E-state index contributed by atoms with van der Waals surface area (Å²) >= 11 is 0. The van der Waals surface area contributed by atoms with E-state index in [0.717, 1.165) is 6.08 Å². The Morgan fingerprint density at radius 2 is 2.22 bits per heavy atom. The van der Waals surface area contributed by atoms with Gasteiger partial charge in [0.2, 0.25) is 6.08 Å². The highest BCUT2D eigenvalue weighted by molar-refractivity contribution is 5.85. The number of hydrogen-bond acceptors (Lipinski definition) is 3. The van der Waals surface area contributed by atoms with Crippen LogP contribution in [0.2, 0.25) is 0 Å². The van der Waals surface area contributed by atoms with Crippen molar-refractivity contribution in [2.24, 2.45) is 4.99 Å². The van der Waals surface area contributed by atoms with Gasteiger partial charge in [-0.25, -0.2) is 9.59 Å². The van der Waals surface area contributed by atoms with Gasteiger partial charge in [0.1, 0.15) is 0 Å². The van der Waals surface area contributed by atoms with Crippen LogP contribution in [0.3, 0.4) is 0 Å². The molecule has 1 unspecified atom stereocenters. The van der Waals surface area contributed by atoms with Crippen LogP contribution in [0.5, 0.6) is 0 Å². The van der Waals surface area contributed by atoms with Crippen molar-refractivity contribution >= 4 is 24.5 Å². The SMILES string of the molecule is CC(N=C=O)C(=O)O.Cl. The highest BCUT2D eigenvalue weighted by Crippen LogP contribution is 1.84. The first-order valence-corrected chi connectivity index (χ1v) is 1.98. The van der Waals surface area contributed by atoms with Crippen LogP contribution < -0.4 is 0 Å². The second-order valence-corrected chi connectivity index (χ2v) is 1.23. The Kier molecular flexibility index (Phi) is 6.46. The molecule has 0 bridgehead atoms. The second-order valence-electron chi connectivity index (χ2n) is 1.23. The first kappa shape index (κ1) is 11.0. The number of aliphatic imine (C=N–C) groups is 1. The number of aliphatic carboxylic acids is 1. The number of carboxylic acid groups (broad SMARTS) is 1. The molecule has 0 radical (unpaired) electrons. The van der Waals surface area contributed by atoms with Crippen LogP contribution >= 0.6 is 12.4 Å².